The first-order valence-corrected chi connectivity index (χ1v) is 12.6. The second kappa shape index (κ2) is 8.72. The van der Waals surface area contributed by atoms with E-state index < -0.39 is 41.9 Å². The van der Waals surface area contributed by atoms with Crippen LogP contribution >= 0.6 is 0 Å². The Morgan fingerprint density at radius 1 is 1.06 bits per heavy atom. The summed E-state index contributed by atoms with van der Waals surface area (Å²) < 4.78 is 18.2. The van der Waals surface area contributed by atoms with Gasteiger partial charge in [-0.3, -0.25) is 9.59 Å². The number of carboxylic acids is 1. The van der Waals surface area contributed by atoms with Crippen LogP contribution in [0.1, 0.15) is 72.1 Å². The predicted octanol–water partition coefficient (Wildman–Crippen LogP) is 2.59. The zero-order chi connectivity index (χ0) is 24.3. The lowest BCUT2D eigenvalue weighted by atomic mass is 9.58. The molecule has 34 heavy (non-hydrogen) atoms. The summed E-state index contributed by atoms with van der Waals surface area (Å²) in [4.78, 5) is 49.8. The molecule has 0 radical (unpaired) electrons. The summed E-state index contributed by atoms with van der Waals surface area (Å²) in [5.41, 5.74) is -0.729. The third-order valence-corrected chi connectivity index (χ3v) is 8.75. The smallest absolute Gasteiger partial charge is 0.326 e. The van der Waals surface area contributed by atoms with Crippen LogP contribution < -0.4 is 0 Å². The molecule has 10 nitrogen and oxygen atoms in total. The number of rotatable bonds is 5. The minimum Gasteiger partial charge on any atom is -0.480 e. The number of likely N-dealkylation sites (tertiary alicyclic amines) is 1. The Morgan fingerprint density at radius 3 is 2.62 bits per heavy atom. The number of carboxylic acid groups (broad SMARTS) is 1. The van der Waals surface area contributed by atoms with Crippen LogP contribution in [0.5, 0.6) is 0 Å². The number of amides is 1. The third kappa shape index (κ3) is 3.83. The molecular weight excluding hydrogens is 446 g/mol. The van der Waals surface area contributed by atoms with Crippen molar-refractivity contribution in [2.45, 2.75) is 102 Å². The Bertz CT molecular complexity index is 850. The van der Waals surface area contributed by atoms with Gasteiger partial charge in [0, 0.05) is 31.2 Å². The van der Waals surface area contributed by atoms with Gasteiger partial charge in [0.05, 0.1) is 6.42 Å². The first-order chi connectivity index (χ1) is 16.1. The fraction of sp³-hybridized carbons (Fsp3) is 0.875. The molecule has 1 aliphatic carbocycles. The molecule has 190 valence electrons. The third-order valence-electron chi connectivity index (χ3n) is 8.75. The molecule has 6 fully saturated rings. The Kier molecular flexibility index (Phi) is 6.15. The summed E-state index contributed by atoms with van der Waals surface area (Å²) in [5, 5.41) is 9.29. The van der Waals surface area contributed by atoms with Crippen molar-refractivity contribution in [2.24, 2.45) is 23.7 Å². The fourth-order valence-corrected chi connectivity index (χ4v) is 6.87. The van der Waals surface area contributed by atoms with Gasteiger partial charge in [0.25, 0.3) is 0 Å². The van der Waals surface area contributed by atoms with Gasteiger partial charge in [0.1, 0.15) is 6.04 Å². The molecule has 5 heterocycles. The average Bonchev–Trinajstić information content (AvgIpc) is 3.18. The summed E-state index contributed by atoms with van der Waals surface area (Å²) in [6, 6.07) is -0.811. The van der Waals surface area contributed by atoms with Gasteiger partial charge >= 0.3 is 11.9 Å². The number of aliphatic carboxylic acids is 1. The second-order valence-corrected chi connectivity index (χ2v) is 10.8. The second-order valence-electron chi connectivity index (χ2n) is 10.8. The molecule has 5 aliphatic heterocycles. The summed E-state index contributed by atoms with van der Waals surface area (Å²) in [6.07, 6.45) is 2.89. The molecule has 0 aromatic carbocycles. The van der Waals surface area contributed by atoms with Crippen molar-refractivity contribution in [3.05, 3.63) is 0 Å². The Balaban J connectivity index is 1.25. The molecule has 0 aromatic heterocycles. The summed E-state index contributed by atoms with van der Waals surface area (Å²) >= 11 is 0. The first-order valence-electron chi connectivity index (χ1n) is 12.6. The zero-order valence-corrected chi connectivity index (χ0v) is 20.1. The minimum absolute atomic E-state index is 0.0375. The average molecular weight is 482 g/mol. The van der Waals surface area contributed by atoms with Crippen molar-refractivity contribution in [1.82, 2.24) is 4.90 Å². The van der Waals surface area contributed by atoms with E-state index in [-0.39, 0.29) is 36.5 Å². The van der Waals surface area contributed by atoms with Crippen molar-refractivity contribution in [3.8, 4) is 0 Å². The van der Waals surface area contributed by atoms with Crippen molar-refractivity contribution >= 4 is 17.8 Å². The van der Waals surface area contributed by atoms with Gasteiger partial charge in [0.2, 0.25) is 18.0 Å². The maximum atomic E-state index is 12.7. The van der Waals surface area contributed by atoms with E-state index in [0.717, 1.165) is 19.3 Å². The highest BCUT2D eigenvalue weighted by atomic mass is 17.3. The van der Waals surface area contributed by atoms with Crippen LogP contribution in [0, 0.1) is 23.7 Å². The van der Waals surface area contributed by atoms with Gasteiger partial charge in [-0.1, -0.05) is 13.8 Å². The first kappa shape index (κ1) is 24.0. The topological polar surface area (TPSA) is 121 Å². The van der Waals surface area contributed by atoms with E-state index >= 15 is 0 Å². The predicted molar refractivity (Wildman–Crippen MR) is 115 cm³/mol. The lowest BCUT2D eigenvalue weighted by Crippen LogP contribution is -2.70. The zero-order valence-electron chi connectivity index (χ0n) is 20.1. The molecular formula is C24H35NO9. The molecule has 5 saturated heterocycles. The van der Waals surface area contributed by atoms with Crippen LogP contribution in [0.15, 0.2) is 0 Å². The number of fused-ring (bicyclic) bond motifs is 2. The molecule has 1 N–H and O–H groups in total. The summed E-state index contributed by atoms with van der Waals surface area (Å²) in [7, 11) is 0. The van der Waals surface area contributed by atoms with Crippen LogP contribution in [0.25, 0.3) is 0 Å². The summed E-state index contributed by atoms with van der Waals surface area (Å²) in [5.74, 6) is -2.25. The highest BCUT2D eigenvalue weighted by Crippen LogP contribution is 2.60. The van der Waals surface area contributed by atoms with E-state index in [2.05, 4.69) is 6.92 Å². The van der Waals surface area contributed by atoms with E-state index in [4.69, 9.17) is 24.0 Å². The van der Waals surface area contributed by atoms with E-state index in [9.17, 15) is 19.5 Å². The van der Waals surface area contributed by atoms with Crippen molar-refractivity contribution in [3.63, 3.8) is 0 Å². The number of hydrogen-bond acceptors (Lipinski definition) is 8. The molecule has 0 unspecified atom stereocenters. The van der Waals surface area contributed by atoms with Crippen LogP contribution in [-0.4, -0.2) is 64.4 Å². The van der Waals surface area contributed by atoms with Crippen molar-refractivity contribution < 1.29 is 43.5 Å². The standard InChI is InChI=1S/C24H35NO9/c1-13-6-7-16-14(2)21(31-22-24(16)15(13)10-11-23(3,32-22)33-34-24)30-19(27)9-8-18(26)25-12-4-5-17(25)20(28)29/h13-17,21-22H,4-12H2,1-3H3,(H,28,29)/t13-,14-,15+,16+,17-,21-,22-,23-,24+/m1/s1. The molecule has 0 aromatic rings. The van der Waals surface area contributed by atoms with E-state index in [1.54, 1.807) is 0 Å². The molecule has 1 saturated carbocycles. The molecule has 10 heteroatoms. The maximum Gasteiger partial charge on any atom is 0.326 e. The lowest BCUT2D eigenvalue weighted by Gasteiger charge is -2.59. The van der Waals surface area contributed by atoms with Crippen molar-refractivity contribution in [1.29, 1.82) is 0 Å². The lowest BCUT2D eigenvalue weighted by molar-refractivity contribution is -0.576. The Labute approximate surface area is 199 Å². The Morgan fingerprint density at radius 2 is 1.85 bits per heavy atom. The molecule has 6 aliphatic rings. The number of esters is 1. The molecule has 2 bridgehead atoms. The van der Waals surface area contributed by atoms with Gasteiger partial charge in [-0.05, 0) is 50.9 Å². The number of ether oxygens (including phenoxy) is 3. The van der Waals surface area contributed by atoms with Crippen LogP contribution in [-0.2, 0) is 38.4 Å². The van der Waals surface area contributed by atoms with Gasteiger partial charge in [-0.25, -0.2) is 14.6 Å². The molecule has 1 spiro atoms. The molecule has 6 rings (SSSR count). The van der Waals surface area contributed by atoms with E-state index in [1.807, 2.05) is 13.8 Å². The van der Waals surface area contributed by atoms with Gasteiger partial charge in [-0.2, -0.15) is 0 Å². The number of carbonyl (C=O) groups is 3. The molecule has 1 amide bonds. The maximum absolute atomic E-state index is 12.7. The monoisotopic (exact) mass is 481 g/mol. The SMILES string of the molecule is C[C@H]1[C@H](OC(=O)CCC(=O)N2CCC[C@@H]2C(=O)O)O[C@@H]2O[C@@]3(C)CC[C@H]4[C@H](C)CC[C@@H]1[C@]24OO3. The van der Waals surface area contributed by atoms with Gasteiger partial charge < -0.3 is 24.2 Å². The largest absolute Gasteiger partial charge is 0.480 e. The van der Waals surface area contributed by atoms with Gasteiger partial charge in [-0.15, -0.1) is 0 Å². The van der Waals surface area contributed by atoms with E-state index in [0.29, 0.717) is 31.7 Å². The highest BCUT2D eigenvalue weighted by molar-refractivity contribution is 5.86. The Hall–Kier alpha value is -1.75. The number of nitrogens with zero attached hydrogens (tertiary/aromatic N) is 1. The van der Waals surface area contributed by atoms with Crippen molar-refractivity contribution in [2.75, 3.05) is 6.54 Å². The normalized spacial score (nSPS) is 45.4. The quantitative estimate of drug-likeness (QED) is 0.466. The highest BCUT2D eigenvalue weighted by Gasteiger charge is 2.69. The molecule has 9 atom stereocenters. The number of carbonyl (C=O) groups excluding carboxylic acids is 2. The summed E-state index contributed by atoms with van der Waals surface area (Å²) in [6.45, 7) is 6.47. The van der Waals surface area contributed by atoms with Gasteiger partial charge in [0.15, 0.2) is 11.9 Å². The fourth-order valence-electron chi connectivity index (χ4n) is 6.87. The van der Waals surface area contributed by atoms with Crippen LogP contribution in [0.4, 0.5) is 0 Å². The number of hydrogen-bond donors (Lipinski definition) is 1. The van der Waals surface area contributed by atoms with Crippen LogP contribution in [0.2, 0.25) is 0 Å². The van der Waals surface area contributed by atoms with E-state index in [1.165, 1.54) is 4.90 Å². The minimum atomic E-state index is -1.01. The van der Waals surface area contributed by atoms with Crippen LogP contribution in [0.3, 0.4) is 0 Å².